The summed E-state index contributed by atoms with van der Waals surface area (Å²) < 4.78 is 10.7. The fourth-order valence-electron chi connectivity index (χ4n) is 3.44. The number of hydrogen-bond donors (Lipinski definition) is 1. The summed E-state index contributed by atoms with van der Waals surface area (Å²) in [6, 6.07) is 3.76. The molecule has 148 valence electrons. The van der Waals surface area contributed by atoms with Crippen molar-refractivity contribution in [2.75, 3.05) is 57.9 Å². The third-order valence-corrected chi connectivity index (χ3v) is 5.14. The fourth-order valence-corrected chi connectivity index (χ4v) is 3.44. The predicted octanol–water partition coefficient (Wildman–Crippen LogP) is 1.34. The first-order chi connectivity index (χ1) is 11.7. The number of carbonyl (C=O) groups excluding carboxylic acids is 1. The average Bonchev–Trinajstić information content (AvgIpc) is 2.68. The number of amides is 1. The Morgan fingerprint density at radius 3 is 2.50 bits per heavy atom. The number of ether oxygens (including phenoxy) is 2. The largest absolute Gasteiger partial charge is 0.497 e. The second kappa shape index (κ2) is 10.2. The van der Waals surface area contributed by atoms with Gasteiger partial charge in [-0.1, -0.05) is 0 Å². The molecule has 1 amide bonds. The van der Waals surface area contributed by atoms with Crippen LogP contribution in [0.25, 0.3) is 0 Å². The maximum atomic E-state index is 13.0. The molecule has 2 N–H and O–H groups in total. The highest BCUT2D eigenvalue weighted by Crippen LogP contribution is 2.32. The molecule has 2 saturated heterocycles. The van der Waals surface area contributed by atoms with Gasteiger partial charge in [-0.05, 0) is 18.9 Å². The van der Waals surface area contributed by atoms with Crippen molar-refractivity contribution in [1.29, 1.82) is 0 Å². The molecular weight excluding hydrogens is 379 g/mol. The van der Waals surface area contributed by atoms with Gasteiger partial charge in [0.2, 0.25) is 5.91 Å². The molecule has 3 heterocycles. The van der Waals surface area contributed by atoms with Crippen LogP contribution in [-0.4, -0.2) is 68.8 Å². The first-order valence-corrected chi connectivity index (χ1v) is 8.51. The molecule has 0 atom stereocenters. The number of methoxy groups -OCH3 is 1. The Hall–Kier alpha value is -1.28. The van der Waals surface area contributed by atoms with Gasteiger partial charge in [-0.3, -0.25) is 4.79 Å². The van der Waals surface area contributed by atoms with Crippen LogP contribution in [0, 0.1) is 5.41 Å². The SMILES string of the molecule is COc1ccnc(N2CCN(C(=O)C3(CN)CCOCC3)CC2)c1.Cl.Cl. The molecule has 0 spiro atoms. The van der Waals surface area contributed by atoms with E-state index < -0.39 is 5.41 Å². The molecule has 1 aromatic rings. The minimum atomic E-state index is -0.436. The molecule has 0 radical (unpaired) electrons. The lowest BCUT2D eigenvalue weighted by atomic mass is 9.78. The van der Waals surface area contributed by atoms with Crippen LogP contribution in [0.1, 0.15) is 12.8 Å². The summed E-state index contributed by atoms with van der Waals surface area (Å²) in [5, 5.41) is 0. The summed E-state index contributed by atoms with van der Waals surface area (Å²) >= 11 is 0. The second-order valence-electron chi connectivity index (χ2n) is 6.43. The van der Waals surface area contributed by atoms with Gasteiger partial charge in [-0.15, -0.1) is 24.8 Å². The number of hydrogen-bond acceptors (Lipinski definition) is 6. The first-order valence-electron chi connectivity index (χ1n) is 8.51. The summed E-state index contributed by atoms with van der Waals surface area (Å²) in [5.74, 6) is 1.87. The van der Waals surface area contributed by atoms with E-state index in [1.54, 1.807) is 13.3 Å². The van der Waals surface area contributed by atoms with Gasteiger partial charge in [-0.2, -0.15) is 0 Å². The number of nitrogens with two attached hydrogens (primary N) is 1. The van der Waals surface area contributed by atoms with Crippen LogP contribution in [0.2, 0.25) is 0 Å². The zero-order chi connectivity index (χ0) is 17.0. The van der Waals surface area contributed by atoms with Gasteiger partial charge in [0.1, 0.15) is 11.6 Å². The van der Waals surface area contributed by atoms with Crippen molar-refractivity contribution in [3.63, 3.8) is 0 Å². The first kappa shape index (κ1) is 22.8. The van der Waals surface area contributed by atoms with Crippen LogP contribution < -0.4 is 15.4 Å². The predicted molar refractivity (Wildman–Crippen MR) is 106 cm³/mol. The van der Waals surface area contributed by atoms with Crippen molar-refractivity contribution in [1.82, 2.24) is 9.88 Å². The van der Waals surface area contributed by atoms with E-state index in [9.17, 15) is 4.79 Å². The summed E-state index contributed by atoms with van der Waals surface area (Å²) in [5.41, 5.74) is 5.52. The molecule has 0 aliphatic carbocycles. The summed E-state index contributed by atoms with van der Waals surface area (Å²) in [7, 11) is 1.65. The Morgan fingerprint density at radius 1 is 1.27 bits per heavy atom. The molecule has 3 rings (SSSR count). The zero-order valence-electron chi connectivity index (χ0n) is 15.1. The number of piperazine rings is 1. The summed E-state index contributed by atoms with van der Waals surface area (Å²) in [4.78, 5) is 21.5. The van der Waals surface area contributed by atoms with Gasteiger partial charge >= 0.3 is 0 Å². The van der Waals surface area contributed by atoms with Crippen LogP contribution in [0.3, 0.4) is 0 Å². The van der Waals surface area contributed by atoms with Crippen molar-refractivity contribution in [2.24, 2.45) is 11.1 Å². The minimum absolute atomic E-state index is 0. The lowest BCUT2D eigenvalue weighted by Crippen LogP contribution is -2.56. The number of nitrogens with zero attached hydrogens (tertiary/aromatic N) is 3. The molecule has 9 heteroatoms. The second-order valence-corrected chi connectivity index (χ2v) is 6.43. The van der Waals surface area contributed by atoms with E-state index in [0.717, 1.165) is 37.5 Å². The summed E-state index contributed by atoms with van der Waals surface area (Å²) in [6.45, 7) is 4.56. The van der Waals surface area contributed by atoms with Crippen molar-refractivity contribution < 1.29 is 14.3 Å². The topological polar surface area (TPSA) is 80.9 Å². The van der Waals surface area contributed by atoms with E-state index in [4.69, 9.17) is 15.2 Å². The molecule has 2 fully saturated rings. The number of carbonyl (C=O) groups is 1. The smallest absolute Gasteiger partial charge is 0.230 e. The lowest BCUT2D eigenvalue weighted by Gasteiger charge is -2.42. The highest BCUT2D eigenvalue weighted by molar-refractivity contribution is 5.85. The quantitative estimate of drug-likeness (QED) is 0.812. The Morgan fingerprint density at radius 2 is 1.92 bits per heavy atom. The van der Waals surface area contributed by atoms with Gasteiger partial charge in [0, 0.05) is 58.2 Å². The van der Waals surface area contributed by atoms with Crippen molar-refractivity contribution in [3.8, 4) is 5.75 Å². The van der Waals surface area contributed by atoms with Gasteiger partial charge in [-0.25, -0.2) is 4.98 Å². The van der Waals surface area contributed by atoms with Crippen molar-refractivity contribution in [3.05, 3.63) is 18.3 Å². The van der Waals surface area contributed by atoms with Crippen LogP contribution in [-0.2, 0) is 9.53 Å². The summed E-state index contributed by atoms with van der Waals surface area (Å²) in [6.07, 6.45) is 3.19. The molecule has 26 heavy (non-hydrogen) atoms. The Kier molecular flexibility index (Phi) is 8.89. The highest BCUT2D eigenvalue weighted by Gasteiger charge is 2.42. The van der Waals surface area contributed by atoms with Gasteiger partial charge in [0.15, 0.2) is 0 Å². The maximum Gasteiger partial charge on any atom is 0.230 e. The van der Waals surface area contributed by atoms with E-state index in [-0.39, 0.29) is 30.7 Å². The number of aromatic nitrogens is 1. The van der Waals surface area contributed by atoms with Crippen LogP contribution in [0.5, 0.6) is 5.75 Å². The van der Waals surface area contributed by atoms with Crippen LogP contribution in [0.4, 0.5) is 5.82 Å². The Bertz CT molecular complexity index is 577. The number of halogens is 2. The van der Waals surface area contributed by atoms with Crippen LogP contribution >= 0.6 is 24.8 Å². The number of anilines is 1. The maximum absolute atomic E-state index is 13.0. The van der Waals surface area contributed by atoms with E-state index >= 15 is 0 Å². The van der Waals surface area contributed by atoms with Gasteiger partial charge < -0.3 is 25.0 Å². The fraction of sp³-hybridized carbons (Fsp3) is 0.647. The minimum Gasteiger partial charge on any atom is -0.497 e. The van der Waals surface area contributed by atoms with Gasteiger partial charge in [0.25, 0.3) is 0 Å². The van der Waals surface area contributed by atoms with Crippen molar-refractivity contribution in [2.45, 2.75) is 12.8 Å². The lowest BCUT2D eigenvalue weighted by molar-refractivity contribution is -0.147. The van der Waals surface area contributed by atoms with E-state index in [1.807, 2.05) is 17.0 Å². The van der Waals surface area contributed by atoms with E-state index in [1.165, 1.54) is 0 Å². The molecule has 2 aliphatic heterocycles. The standard InChI is InChI=1S/C17H26N4O3.2ClH/c1-23-14-2-5-19-15(12-14)20-6-8-21(9-7-20)16(22)17(13-18)3-10-24-11-4-17;;/h2,5,12H,3-4,6-11,13,18H2,1H3;2*1H. The molecular formula is C17H28Cl2N4O3. The Balaban J connectivity index is 0.00000169. The van der Waals surface area contributed by atoms with Crippen molar-refractivity contribution >= 4 is 36.5 Å². The molecule has 0 bridgehead atoms. The van der Waals surface area contributed by atoms with E-state index in [0.29, 0.717) is 32.8 Å². The Labute approximate surface area is 167 Å². The zero-order valence-corrected chi connectivity index (χ0v) is 16.7. The van der Waals surface area contributed by atoms with E-state index in [2.05, 4.69) is 9.88 Å². The van der Waals surface area contributed by atoms with Gasteiger partial charge in [0.05, 0.1) is 12.5 Å². The normalized spacial score (nSPS) is 19.2. The highest BCUT2D eigenvalue weighted by atomic mass is 35.5. The molecule has 2 aliphatic rings. The molecule has 0 unspecified atom stereocenters. The third-order valence-electron chi connectivity index (χ3n) is 5.14. The molecule has 0 saturated carbocycles. The number of rotatable bonds is 4. The molecule has 7 nitrogen and oxygen atoms in total. The monoisotopic (exact) mass is 406 g/mol. The van der Waals surface area contributed by atoms with Crippen LogP contribution in [0.15, 0.2) is 18.3 Å². The third kappa shape index (κ3) is 4.71. The average molecular weight is 407 g/mol. The number of pyridine rings is 1. The molecule has 1 aromatic heterocycles. The molecule has 0 aromatic carbocycles.